The van der Waals surface area contributed by atoms with Gasteiger partial charge in [0.05, 0.1) is 0 Å². The molecule has 0 spiro atoms. The summed E-state index contributed by atoms with van der Waals surface area (Å²) in [4.78, 5) is 11.7. The van der Waals surface area contributed by atoms with Gasteiger partial charge in [-0.25, -0.2) is 0 Å². The van der Waals surface area contributed by atoms with Crippen molar-refractivity contribution in [2.24, 2.45) is 0 Å². The molecule has 0 saturated heterocycles. The molecule has 0 radical (unpaired) electrons. The number of anilines is 1. The topological polar surface area (TPSA) is 46.9 Å². The fraction of sp³-hybridized carbons (Fsp3) is 0.286. The van der Waals surface area contributed by atoms with Gasteiger partial charge in [-0.05, 0) is 29.7 Å². The first-order valence-electron chi connectivity index (χ1n) is 6.02. The maximum Gasteiger partial charge on any atom is 0.246 e. The van der Waals surface area contributed by atoms with Crippen molar-refractivity contribution in [3.63, 3.8) is 0 Å². The molecule has 4 nitrogen and oxygen atoms in total. The highest BCUT2D eigenvalue weighted by atomic mass is 16.2. The van der Waals surface area contributed by atoms with E-state index in [4.69, 9.17) is 0 Å². The van der Waals surface area contributed by atoms with Crippen LogP contribution in [0, 0.1) is 0 Å². The quantitative estimate of drug-likeness (QED) is 0.897. The summed E-state index contributed by atoms with van der Waals surface area (Å²) in [6.07, 6.45) is 3.42. The van der Waals surface area contributed by atoms with E-state index in [1.165, 1.54) is 5.56 Å². The molecule has 1 aromatic heterocycles. The first-order chi connectivity index (χ1) is 8.65. The van der Waals surface area contributed by atoms with E-state index in [0.717, 1.165) is 5.69 Å². The number of nitrogens with zero attached hydrogens (tertiary/aromatic N) is 2. The van der Waals surface area contributed by atoms with Crippen LogP contribution in [0.15, 0.2) is 42.7 Å². The standard InChI is InChI=1S/C14H17N3O/c1-11(2)12-4-6-13(7-5-12)16-14(18)10-17-9-3-8-15-17/h3-9,11H,10H2,1-2H3,(H,16,18). The van der Waals surface area contributed by atoms with E-state index in [-0.39, 0.29) is 12.5 Å². The lowest BCUT2D eigenvalue weighted by molar-refractivity contribution is -0.116. The summed E-state index contributed by atoms with van der Waals surface area (Å²) in [5.41, 5.74) is 2.08. The van der Waals surface area contributed by atoms with Gasteiger partial charge in [-0.3, -0.25) is 9.48 Å². The molecule has 0 aliphatic rings. The Labute approximate surface area is 107 Å². The molecule has 0 unspecified atom stereocenters. The lowest BCUT2D eigenvalue weighted by atomic mass is 10.0. The third kappa shape index (κ3) is 3.20. The van der Waals surface area contributed by atoms with Gasteiger partial charge in [0.15, 0.2) is 0 Å². The molecule has 1 amide bonds. The molecule has 94 valence electrons. The lowest BCUT2D eigenvalue weighted by Crippen LogP contribution is -2.18. The van der Waals surface area contributed by atoms with Crippen LogP contribution < -0.4 is 5.32 Å². The Hall–Kier alpha value is -2.10. The van der Waals surface area contributed by atoms with E-state index in [0.29, 0.717) is 5.92 Å². The molecule has 1 aromatic carbocycles. The number of hydrogen-bond donors (Lipinski definition) is 1. The molecule has 0 atom stereocenters. The summed E-state index contributed by atoms with van der Waals surface area (Å²) in [6, 6.07) is 9.72. The minimum Gasteiger partial charge on any atom is -0.324 e. The van der Waals surface area contributed by atoms with Gasteiger partial charge in [-0.15, -0.1) is 0 Å². The third-order valence-corrected chi connectivity index (χ3v) is 2.73. The van der Waals surface area contributed by atoms with Gasteiger partial charge in [0.1, 0.15) is 6.54 Å². The number of carbonyl (C=O) groups excluding carboxylic acids is 1. The zero-order valence-electron chi connectivity index (χ0n) is 10.6. The summed E-state index contributed by atoms with van der Waals surface area (Å²) in [5, 5.41) is 6.84. The molecular formula is C14H17N3O. The fourth-order valence-corrected chi connectivity index (χ4v) is 1.69. The maximum atomic E-state index is 11.7. The Morgan fingerprint density at radius 1 is 1.33 bits per heavy atom. The van der Waals surface area contributed by atoms with E-state index in [2.05, 4.69) is 24.3 Å². The number of nitrogens with one attached hydrogen (secondary N) is 1. The van der Waals surface area contributed by atoms with Crippen molar-refractivity contribution in [2.75, 3.05) is 5.32 Å². The van der Waals surface area contributed by atoms with Gasteiger partial charge in [-0.2, -0.15) is 5.10 Å². The second-order valence-corrected chi connectivity index (χ2v) is 4.53. The molecule has 1 heterocycles. The largest absolute Gasteiger partial charge is 0.324 e. The van der Waals surface area contributed by atoms with E-state index < -0.39 is 0 Å². The zero-order chi connectivity index (χ0) is 13.0. The van der Waals surface area contributed by atoms with E-state index in [9.17, 15) is 4.79 Å². The van der Waals surface area contributed by atoms with Crippen molar-refractivity contribution >= 4 is 11.6 Å². The molecule has 0 aliphatic heterocycles. The molecule has 0 bridgehead atoms. The monoisotopic (exact) mass is 243 g/mol. The van der Waals surface area contributed by atoms with Crippen LogP contribution in [-0.4, -0.2) is 15.7 Å². The fourth-order valence-electron chi connectivity index (χ4n) is 1.69. The maximum absolute atomic E-state index is 11.7. The summed E-state index contributed by atoms with van der Waals surface area (Å²) in [7, 11) is 0. The van der Waals surface area contributed by atoms with Gasteiger partial charge in [0.2, 0.25) is 5.91 Å². The van der Waals surface area contributed by atoms with Crippen LogP contribution in [0.5, 0.6) is 0 Å². The summed E-state index contributed by atoms with van der Waals surface area (Å²) < 4.78 is 1.60. The van der Waals surface area contributed by atoms with Crippen LogP contribution in [0.1, 0.15) is 25.3 Å². The Morgan fingerprint density at radius 2 is 2.06 bits per heavy atom. The highest BCUT2D eigenvalue weighted by Gasteiger charge is 2.04. The Morgan fingerprint density at radius 3 is 2.61 bits per heavy atom. The van der Waals surface area contributed by atoms with Crippen molar-refractivity contribution in [2.45, 2.75) is 26.3 Å². The molecule has 1 N–H and O–H groups in total. The van der Waals surface area contributed by atoms with Gasteiger partial charge in [-0.1, -0.05) is 26.0 Å². The van der Waals surface area contributed by atoms with Crippen LogP contribution in [0.2, 0.25) is 0 Å². The Kier molecular flexibility index (Phi) is 3.77. The van der Waals surface area contributed by atoms with Crippen molar-refractivity contribution < 1.29 is 4.79 Å². The van der Waals surface area contributed by atoms with Crippen molar-refractivity contribution in [3.05, 3.63) is 48.3 Å². The Bertz CT molecular complexity index is 500. The molecule has 4 heteroatoms. The minimum atomic E-state index is -0.0732. The van der Waals surface area contributed by atoms with Crippen LogP contribution in [0.3, 0.4) is 0 Å². The minimum absolute atomic E-state index is 0.0732. The second kappa shape index (κ2) is 5.49. The van der Waals surface area contributed by atoms with E-state index >= 15 is 0 Å². The van der Waals surface area contributed by atoms with Crippen molar-refractivity contribution in [1.29, 1.82) is 0 Å². The van der Waals surface area contributed by atoms with Gasteiger partial charge >= 0.3 is 0 Å². The molecule has 0 saturated carbocycles. The first kappa shape index (κ1) is 12.4. The zero-order valence-corrected chi connectivity index (χ0v) is 10.6. The van der Waals surface area contributed by atoms with Crippen LogP contribution >= 0.6 is 0 Å². The molecule has 2 rings (SSSR count). The molecule has 2 aromatic rings. The number of aromatic nitrogens is 2. The summed E-state index contributed by atoms with van der Waals surface area (Å²) in [6.45, 7) is 4.52. The Balaban J connectivity index is 1.95. The first-order valence-corrected chi connectivity index (χ1v) is 6.02. The number of benzene rings is 1. The van der Waals surface area contributed by atoms with E-state index in [1.807, 2.05) is 24.3 Å². The molecule has 0 aliphatic carbocycles. The van der Waals surface area contributed by atoms with Gasteiger partial charge < -0.3 is 5.32 Å². The molecule has 0 fully saturated rings. The predicted octanol–water partition coefficient (Wildman–Crippen LogP) is 2.65. The van der Waals surface area contributed by atoms with Crippen LogP contribution in [0.25, 0.3) is 0 Å². The van der Waals surface area contributed by atoms with Crippen molar-refractivity contribution in [3.8, 4) is 0 Å². The smallest absolute Gasteiger partial charge is 0.246 e. The highest BCUT2D eigenvalue weighted by Crippen LogP contribution is 2.17. The SMILES string of the molecule is CC(C)c1ccc(NC(=O)Cn2cccn2)cc1. The van der Waals surface area contributed by atoms with E-state index in [1.54, 1.807) is 23.1 Å². The highest BCUT2D eigenvalue weighted by molar-refractivity contribution is 5.90. The lowest BCUT2D eigenvalue weighted by Gasteiger charge is -2.08. The number of hydrogen-bond acceptors (Lipinski definition) is 2. The molecular weight excluding hydrogens is 226 g/mol. The summed E-state index contributed by atoms with van der Waals surface area (Å²) in [5.74, 6) is 0.426. The number of carbonyl (C=O) groups is 1. The second-order valence-electron chi connectivity index (χ2n) is 4.53. The normalized spacial score (nSPS) is 10.6. The summed E-state index contributed by atoms with van der Waals surface area (Å²) >= 11 is 0. The number of rotatable bonds is 4. The molecule has 18 heavy (non-hydrogen) atoms. The third-order valence-electron chi connectivity index (χ3n) is 2.73. The average Bonchev–Trinajstić information content (AvgIpc) is 2.82. The average molecular weight is 243 g/mol. The van der Waals surface area contributed by atoms with Crippen molar-refractivity contribution in [1.82, 2.24) is 9.78 Å². The number of amides is 1. The van der Waals surface area contributed by atoms with Crippen LogP contribution in [0.4, 0.5) is 5.69 Å². The predicted molar refractivity (Wildman–Crippen MR) is 71.4 cm³/mol. The van der Waals surface area contributed by atoms with Crippen LogP contribution in [-0.2, 0) is 11.3 Å². The van der Waals surface area contributed by atoms with Gasteiger partial charge in [0.25, 0.3) is 0 Å². The van der Waals surface area contributed by atoms with Gasteiger partial charge in [0, 0.05) is 18.1 Å².